The number of hydrogen-bond acceptors (Lipinski definition) is 2. The van der Waals surface area contributed by atoms with Crippen LogP contribution in [0.2, 0.25) is 0 Å². The van der Waals surface area contributed by atoms with Gasteiger partial charge >= 0.3 is 0 Å². The van der Waals surface area contributed by atoms with Gasteiger partial charge in [-0.05, 0) is 24.1 Å². The predicted octanol–water partition coefficient (Wildman–Crippen LogP) is 1.46. The molecule has 74 valence electrons. The first-order valence-corrected chi connectivity index (χ1v) is 4.80. The van der Waals surface area contributed by atoms with Gasteiger partial charge in [0.05, 0.1) is 0 Å². The van der Waals surface area contributed by atoms with E-state index in [0.717, 1.165) is 12.1 Å². The number of carbonyl (C=O) groups excluding carboxylic acids is 1. The van der Waals surface area contributed by atoms with E-state index in [2.05, 4.69) is 11.4 Å². The van der Waals surface area contributed by atoms with Crippen molar-refractivity contribution >= 4 is 11.6 Å². The summed E-state index contributed by atoms with van der Waals surface area (Å²) >= 11 is 0. The molecule has 0 radical (unpaired) electrons. The third kappa shape index (κ3) is 1.93. The van der Waals surface area contributed by atoms with Gasteiger partial charge in [-0.1, -0.05) is 12.1 Å². The number of carbonyl (C=O) groups is 1. The van der Waals surface area contributed by atoms with Gasteiger partial charge in [-0.2, -0.15) is 0 Å². The Bertz CT molecular complexity index is 362. The highest BCUT2D eigenvalue weighted by atomic mass is 16.1. The molecular weight excluding hydrogens is 176 g/mol. The van der Waals surface area contributed by atoms with E-state index >= 15 is 0 Å². The fourth-order valence-electron chi connectivity index (χ4n) is 1.65. The molecule has 3 N–H and O–H groups in total. The maximum absolute atomic E-state index is 10.8. The maximum atomic E-state index is 10.8. The standard InChI is InChI=1S/C11H14N2O/c1-7(14)13-9-4-2-3-8(5-9)10-6-11(10)12/h2-5,10-11H,6,12H2,1H3,(H,13,14). The van der Waals surface area contributed by atoms with Crippen molar-refractivity contribution in [2.75, 3.05) is 5.32 Å². The fraction of sp³-hybridized carbons (Fsp3) is 0.364. The van der Waals surface area contributed by atoms with E-state index in [1.54, 1.807) is 0 Å². The Hall–Kier alpha value is -1.35. The molecule has 1 fully saturated rings. The molecule has 0 saturated heterocycles. The minimum absolute atomic E-state index is 0.0396. The smallest absolute Gasteiger partial charge is 0.221 e. The highest BCUT2D eigenvalue weighted by molar-refractivity contribution is 5.88. The molecule has 0 bridgehead atoms. The van der Waals surface area contributed by atoms with Gasteiger partial charge in [0.1, 0.15) is 0 Å². The van der Waals surface area contributed by atoms with Crippen LogP contribution in [0, 0.1) is 0 Å². The van der Waals surface area contributed by atoms with Gasteiger partial charge in [0.2, 0.25) is 5.91 Å². The molecule has 2 unspecified atom stereocenters. The summed E-state index contributed by atoms with van der Waals surface area (Å²) in [6.45, 7) is 1.51. The Morgan fingerprint density at radius 3 is 2.86 bits per heavy atom. The van der Waals surface area contributed by atoms with E-state index in [0.29, 0.717) is 12.0 Å². The van der Waals surface area contributed by atoms with Crippen LogP contribution in [0.4, 0.5) is 5.69 Å². The zero-order valence-electron chi connectivity index (χ0n) is 8.16. The van der Waals surface area contributed by atoms with Gasteiger partial charge < -0.3 is 11.1 Å². The number of nitrogens with one attached hydrogen (secondary N) is 1. The van der Waals surface area contributed by atoms with Crippen molar-refractivity contribution in [1.82, 2.24) is 0 Å². The number of nitrogens with two attached hydrogens (primary N) is 1. The average molecular weight is 190 g/mol. The van der Waals surface area contributed by atoms with Gasteiger partial charge in [0.25, 0.3) is 0 Å². The lowest BCUT2D eigenvalue weighted by atomic mass is 10.1. The average Bonchev–Trinajstić information content (AvgIpc) is 2.82. The first kappa shape index (κ1) is 9.21. The summed E-state index contributed by atoms with van der Waals surface area (Å²) < 4.78 is 0. The third-order valence-electron chi connectivity index (χ3n) is 2.47. The second-order valence-electron chi connectivity index (χ2n) is 3.81. The Balaban J connectivity index is 2.15. The first-order chi connectivity index (χ1) is 6.66. The number of rotatable bonds is 2. The van der Waals surface area contributed by atoms with Crippen molar-refractivity contribution in [2.45, 2.75) is 25.3 Å². The second kappa shape index (κ2) is 3.42. The van der Waals surface area contributed by atoms with Crippen LogP contribution in [0.1, 0.15) is 24.8 Å². The molecule has 1 aliphatic carbocycles. The Labute approximate surface area is 83.3 Å². The zero-order chi connectivity index (χ0) is 10.1. The molecule has 0 aliphatic heterocycles. The van der Waals surface area contributed by atoms with E-state index in [4.69, 9.17) is 5.73 Å². The summed E-state index contributed by atoms with van der Waals surface area (Å²) in [5, 5.41) is 2.76. The molecule has 1 aromatic carbocycles. The van der Waals surface area contributed by atoms with Crippen molar-refractivity contribution in [3.05, 3.63) is 29.8 Å². The molecule has 1 aromatic rings. The van der Waals surface area contributed by atoms with Gasteiger partial charge in [0, 0.05) is 24.6 Å². The molecule has 0 aromatic heterocycles. The van der Waals surface area contributed by atoms with E-state index in [1.165, 1.54) is 12.5 Å². The number of anilines is 1. The van der Waals surface area contributed by atoms with Crippen LogP contribution in [0.25, 0.3) is 0 Å². The summed E-state index contributed by atoms with van der Waals surface area (Å²) in [6.07, 6.45) is 1.06. The van der Waals surface area contributed by atoms with Crippen molar-refractivity contribution < 1.29 is 4.79 Å². The van der Waals surface area contributed by atoms with Crippen molar-refractivity contribution in [2.24, 2.45) is 5.73 Å². The molecule has 3 nitrogen and oxygen atoms in total. The van der Waals surface area contributed by atoms with Crippen molar-refractivity contribution in [3.8, 4) is 0 Å². The zero-order valence-corrected chi connectivity index (χ0v) is 8.16. The fourth-order valence-corrected chi connectivity index (χ4v) is 1.65. The third-order valence-corrected chi connectivity index (χ3v) is 2.47. The second-order valence-corrected chi connectivity index (χ2v) is 3.81. The largest absolute Gasteiger partial charge is 0.327 e. The minimum atomic E-state index is -0.0396. The van der Waals surface area contributed by atoms with Gasteiger partial charge in [-0.15, -0.1) is 0 Å². The summed E-state index contributed by atoms with van der Waals surface area (Å²) in [4.78, 5) is 10.8. The van der Waals surface area contributed by atoms with E-state index in [-0.39, 0.29) is 5.91 Å². The SMILES string of the molecule is CC(=O)Nc1cccc(C2CC2N)c1. The van der Waals surface area contributed by atoms with Crippen LogP contribution in [0.3, 0.4) is 0 Å². The Morgan fingerprint density at radius 1 is 1.57 bits per heavy atom. The van der Waals surface area contributed by atoms with Crippen LogP contribution in [-0.4, -0.2) is 11.9 Å². The first-order valence-electron chi connectivity index (χ1n) is 4.80. The van der Waals surface area contributed by atoms with Crippen LogP contribution in [0.15, 0.2) is 24.3 Å². The molecule has 2 atom stereocenters. The lowest BCUT2D eigenvalue weighted by Gasteiger charge is -2.04. The van der Waals surface area contributed by atoms with Crippen LogP contribution < -0.4 is 11.1 Å². The Kier molecular flexibility index (Phi) is 2.25. The maximum Gasteiger partial charge on any atom is 0.221 e. The van der Waals surface area contributed by atoms with E-state index in [1.807, 2.05) is 18.2 Å². The van der Waals surface area contributed by atoms with Crippen molar-refractivity contribution in [3.63, 3.8) is 0 Å². The molecule has 2 rings (SSSR count). The van der Waals surface area contributed by atoms with Gasteiger partial charge in [-0.25, -0.2) is 0 Å². The molecule has 0 heterocycles. The summed E-state index contributed by atoms with van der Waals surface area (Å²) in [6, 6.07) is 8.20. The van der Waals surface area contributed by atoms with Crippen LogP contribution >= 0.6 is 0 Å². The lowest BCUT2D eigenvalue weighted by Crippen LogP contribution is -2.06. The highest BCUT2D eigenvalue weighted by Crippen LogP contribution is 2.39. The lowest BCUT2D eigenvalue weighted by molar-refractivity contribution is -0.114. The van der Waals surface area contributed by atoms with Gasteiger partial charge in [0.15, 0.2) is 0 Å². The molecule has 1 aliphatic rings. The summed E-state index contributed by atoms with van der Waals surface area (Å²) in [7, 11) is 0. The molecule has 1 saturated carbocycles. The quantitative estimate of drug-likeness (QED) is 0.741. The topological polar surface area (TPSA) is 55.1 Å². The number of amides is 1. The minimum Gasteiger partial charge on any atom is -0.327 e. The molecule has 14 heavy (non-hydrogen) atoms. The van der Waals surface area contributed by atoms with Crippen LogP contribution in [-0.2, 0) is 4.79 Å². The summed E-state index contributed by atoms with van der Waals surface area (Å²) in [5.74, 6) is 0.450. The molecule has 0 spiro atoms. The normalized spacial score (nSPS) is 24.4. The van der Waals surface area contributed by atoms with Crippen molar-refractivity contribution in [1.29, 1.82) is 0 Å². The molecule has 1 amide bonds. The van der Waals surface area contributed by atoms with E-state index < -0.39 is 0 Å². The Morgan fingerprint density at radius 2 is 2.29 bits per heavy atom. The predicted molar refractivity (Wildman–Crippen MR) is 56.1 cm³/mol. The number of benzene rings is 1. The van der Waals surface area contributed by atoms with Crippen LogP contribution in [0.5, 0.6) is 0 Å². The number of hydrogen-bond donors (Lipinski definition) is 2. The summed E-state index contributed by atoms with van der Waals surface area (Å²) in [5.41, 5.74) is 7.84. The monoisotopic (exact) mass is 190 g/mol. The highest BCUT2D eigenvalue weighted by Gasteiger charge is 2.34. The molecule has 3 heteroatoms. The van der Waals surface area contributed by atoms with E-state index in [9.17, 15) is 4.79 Å². The molecular formula is C11H14N2O. The van der Waals surface area contributed by atoms with Gasteiger partial charge in [-0.3, -0.25) is 4.79 Å².